The van der Waals surface area contributed by atoms with Crippen LogP contribution in [0.4, 0.5) is 0 Å². The molecular weight excluding hydrogens is 324 g/mol. The van der Waals surface area contributed by atoms with Crippen LogP contribution in [0.15, 0.2) is 36.4 Å². The van der Waals surface area contributed by atoms with Gasteiger partial charge < -0.3 is 9.47 Å². The van der Waals surface area contributed by atoms with E-state index in [0.29, 0.717) is 24.7 Å². The molecule has 0 spiro atoms. The predicted octanol–water partition coefficient (Wildman–Crippen LogP) is 5.45. The Labute approximate surface area is 155 Å². The minimum Gasteiger partial charge on any atom is -0.492 e. The molecule has 0 aliphatic carbocycles. The van der Waals surface area contributed by atoms with Gasteiger partial charge in [-0.05, 0) is 24.5 Å². The fourth-order valence-electron chi connectivity index (χ4n) is 2.60. The van der Waals surface area contributed by atoms with E-state index in [9.17, 15) is 10.5 Å². The lowest BCUT2D eigenvalue weighted by molar-refractivity contribution is 0.300. The Morgan fingerprint density at radius 2 is 1.46 bits per heavy atom. The highest BCUT2D eigenvalue weighted by molar-refractivity contribution is 5.79. The molecule has 0 amide bonds. The second-order valence-electron chi connectivity index (χ2n) is 6.00. The third-order valence-corrected chi connectivity index (χ3v) is 4.05. The van der Waals surface area contributed by atoms with Crippen LogP contribution in [-0.2, 0) is 0 Å². The molecule has 4 heteroatoms. The highest BCUT2D eigenvalue weighted by atomic mass is 16.5. The number of hydrogen-bond donors (Lipinski definition) is 0. The molecule has 0 radical (unpaired) electrons. The van der Waals surface area contributed by atoms with Crippen LogP contribution in [0.5, 0.6) is 11.5 Å². The van der Waals surface area contributed by atoms with Crippen molar-refractivity contribution in [3.8, 4) is 34.8 Å². The molecular formula is C22H24N2O2. The van der Waals surface area contributed by atoms with Crippen LogP contribution in [0.1, 0.15) is 50.7 Å². The zero-order valence-electron chi connectivity index (χ0n) is 15.4. The lowest BCUT2D eigenvalue weighted by Crippen LogP contribution is -2.05. The number of rotatable bonds is 9. The van der Waals surface area contributed by atoms with Crippen molar-refractivity contribution >= 4 is 0 Å². The van der Waals surface area contributed by atoms with Gasteiger partial charge in [-0.2, -0.15) is 10.5 Å². The van der Waals surface area contributed by atoms with E-state index in [1.807, 2.05) is 36.4 Å². The molecule has 2 aromatic carbocycles. The van der Waals surface area contributed by atoms with Gasteiger partial charge in [0, 0.05) is 5.56 Å². The summed E-state index contributed by atoms with van der Waals surface area (Å²) in [5.74, 6) is 0.908. The van der Waals surface area contributed by atoms with Crippen molar-refractivity contribution in [2.75, 3.05) is 13.2 Å². The van der Waals surface area contributed by atoms with Crippen molar-refractivity contribution in [1.82, 2.24) is 0 Å². The quantitative estimate of drug-likeness (QED) is 0.565. The van der Waals surface area contributed by atoms with Gasteiger partial charge in [0.2, 0.25) is 0 Å². The predicted molar refractivity (Wildman–Crippen MR) is 102 cm³/mol. The monoisotopic (exact) mass is 348 g/mol. The lowest BCUT2D eigenvalue weighted by Gasteiger charge is -2.17. The van der Waals surface area contributed by atoms with Gasteiger partial charge >= 0.3 is 0 Å². The van der Waals surface area contributed by atoms with Gasteiger partial charge in [0.1, 0.15) is 34.8 Å². The fraction of sp³-hybridized carbons (Fsp3) is 0.364. The highest BCUT2D eigenvalue weighted by Gasteiger charge is 2.21. The molecule has 2 rings (SSSR count). The summed E-state index contributed by atoms with van der Waals surface area (Å²) in [6, 6.07) is 15.8. The second-order valence-corrected chi connectivity index (χ2v) is 6.00. The van der Waals surface area contributed by atoms with Crippen LogP contribution in [0.25, 0.3) is 11.1 Å². The van der Waals surface area contributed by atoms with E-state index < -0.39 is 0 Å². The summed E-state index contributed by atoms with van der Waals surface area (Å²) in [4.78, 5) is 0. The summed E-state index contributed by atoms with van der Waals surface area (Å²) in [5.41, 5.74) is 2.20. The number of benzene rings is 2. The Morgan fingerprint density at radius 3 is 2.04 bits per heavy atom. The van der Waals surface area contributed by atoms with E-state index in [1.165, 1.54) is 0 Å². The van der Waals surface area contributed by atoms with E-state index in [0.717, 1.165) is 36.8 Å². The number of hydrogen-bond acceptors (Lipinski definition) is 4. The molecule has 0 atom stereocenters. The highest BCUT2D eigenvalue weighted by Crippen LogP contribution is 2.40. The van der Waals surface area contributed by atoms with Gasteiger partial charge in [0.15, 0.2) is 0 Å². The minimum atomic E-state index is 0.245. The Hall–Kier alpha value is -2.98. The summed E-state index contributed by atoms with van der Waals surface area (Å²) < 4.78 is 11.8. The first-order valence-electron chi connectivity index (χ1n) is 9.09. The molecule has 0 heterocycles. The summed E-state index contributed by atoms with van der Waals surface area (Å²) in [7, 11) is 0. The van der Waals surface area contributed by atoms with Gasteiger partial charge in [0.25, 0.3) is 0 Å². The smallest absolute Gasteiger partial charge is 0.146 e. The molecule has 0 aromatic heterocycles. The topological polar surface area (TPSA) is 66.0 Å². The first-order chi connectivity index (χ1) is 12.8. The average Bonchev–Trinajstić information content (AvgIpc) is 2.68. The molecule has 4 nitrogen and oxygen atoms in total. The Morgan fingerprint density at radius 1 is 0.846 bits per heavy atom. The van der Waals surface area contributed by atoms with E-state index in [1.54, 1.807) is 0 Å². The largest absolute Gasteiger partial charge is 0.492 e. The summed E-state index contributed by atoms with van der Waals surface area (Å²) in [6.07, 6.45) is 3.76. The number of nitrogens with zero attached hydrogens (tertiary/aromatic N) is 2. The minimum absolute atomic E-state index is 0.245. The second kappa shape index (κ2) is 10.1. The maximum Gasteiger partial charge on any atom is 0.146 e. The fourth-order valence-corrected chi connectivity index (χ4v) is 2.60. The Balaban J connectivity index is 2.59. The first-order valence-corrected chi connectivity index (χ1v) is 9.09. The van der Waals surface area contributed by atoms with Crippen LogP contribution in [-0.4, -0.2) is 13.2 Å². The summed E-state index contributed by atoms with van der Waals surface area (Å²) >= 11 is 0. The molecule has 0 saturated heterocycles. The van der Waals surface area contributed by atoms with Crippen molar-refractivity contribution in [2.24, 2.45) is 0 Å². The molecule has 0 fully saturated rings. The first kappa shape index (κ1) is 19.3. The molecule has 0 unspecified atom stereocenters. The van der Waals surface area contributed by atoms with E-state index in [-0.39, 0.29) is 11.1 Å². The number of nitriles is 2. The van der Waals surface area contributed by atoms with E-state index >= 15 is 0 Å². The van der Waals surface area contributed by atoms with Crippen LogP contribution in [0, 0.1) is 22.7 Å². The van der Waals surface area contributed by atoms with Crippen LogP contribution in [0.2, 0.25) is 0 Å². The maximum absolute atomic E-state index is 9.72. The molecule has 2 aromatic rings. The van der Waals surface area contributed by atoms with Gasteiger partial charge in [-0.3, -0.25) is 0 Å². The molecule has 134 valence electrons. The maximum atomic E-state index is 9.72. The molecule has 26 heavy (non-hydrogen) atoms. The summed E-state index contributed by atoms with van der Waals surface area (Å²) in [5, 5.41) is 19.3. The molecule has 0 bridgehead atoms. The zero-order valence-corrected chi connectivity index (χ0v) is 15.4. The van der Waals surface area contributed by atoms with Gasteiger partial charge in [-0.1, -0.05) is 57.0 Å². The SMILES string of the molecule is CCCCOc1cc(-c2ccccc2)c(OCCCC)c(C#N)c1C#N. The van der Waals surface area contributed by atoms with Crippen molar-refractivity contribution in [3.63, 3.8) is 0 Å². The van der Waals surface area contributed by atoms with E-state index in [4.69, 9.17) is 9.47 Å². The Kier molecular flexibility index (Phi) is 7.52. The lowest BCUT2D eigenvalue weighted by atomic mass is 9.97. The molecule has 0 saturated carbocycles. The molecule has 0 N–H and O–H groups in total. The molecule has 0 aliphatic heterocycles. The van der Waals surface area contributed by atoms with Crippen molar-refractivity contribution in [2.45, 2.75) is 39.5 Å². The van der Waals surface area contributed by atoms with Gasteiger partial charge in [0.05, 0.1) is 13.2 Å². The number of ether oxygens (including phenoxy) is 2. The zero-order chi connectivity index (χ0) is 18.8. The average molecular weight is 348 g/mol. The number of unbranched alkanes of at least 4 members (excludes halogenated alkanes) is 2. The normalized spacial score (nSPS) is 10.0. The van der Waals surface area contributed by atoms with Crippen molar-refractivity contribution in [3.05, 3.63) is 47.5 Å². The standard InChI is InChI=1S/C22H24N2O2/c1-3-5-12-25-21-14-18(17-10-8-7-9-11-17)22(26-13-6-4-2)20(16-24)19(21)15-23/h7-11,14H,3-6,12-13H2,1-2H3. The third kappa shape index (κ3) is 4.55. The van der Waals surface area contributed by atoms with Gasteiger partial charge in [-0.15, -0.1) is 0 Å². The van der Waals surface area contributed by atoms with Crippen molar-refractivity contribution < 1.29 is 9.47 Å². The summed E-state index contributed by atoms with van der Waals surface area (Å²) in [6.45, 7) is 5.18. The molecule has 0 aliphatic rings. The van der Waals surface area contributed by atoms with Gasteiger partial charge in [-0.25, -0.2) is 0 Å². The third-order valence-electron chi connectivity index (χ3n) is 4.05. The van der Waals surface area contributed by atoms with Crippen LogP contribution >= 0.6 is 0 Å². The van der Waals surface area contributed by atoms with Crippen LogP contribution < -0.4 is 9.47 Å². The van der Waals surface area contributed by atoms with Crippen LogP contribution in [0.3, 0.4) is 0 Å². The van der Waals surface area contributed by atoms with Crippen molar-refractivity contribution in [1.29, 1.82) is 10.5 Å². The Bertz CT molecular complexity index is 802. The van der Waals surface area contributed by atoms with E-state index in [2.05, 4.69) is 26.0 Å².